The van der Waals surface area contributed by atoms with Crippen molar-refractivity contribution in [2.45, 2.75) is 31.6 Å². The molecule has 112 valence electrons. The van der Waals surface area contributed by atoms with Gasteiger partial charge in [-0.15, -0.1) is 0 Å². The van der Waals surface area contributed by atoms with Crippen molar-refractivity contribution < 1.29 is 8.42 Å². The minimum atomic E-state index is -3.45. The Labute approximate surface area is 121 Å². The molecular formula is C14H23N3O2S. The minimum absolute atomic E-state index is 0.269. The van der Waals surface area contributed by atoms with Gasteiger partial charge in [-0.2, -0.15) is 4.31 Å². The number of sulfonamides is 1. The van der Waals surface area contributed by atoms with E-state index in [-0.39, 0.29) is 4.90 Å². The van der Waals surface area contributed by atoms with Gasteiger partial charge in [0.2, 0.25) is 10.0 Å². The summed E-state index contributed by atoms with van der Waals surface area (Å²) in [7, 11) is -1.72. The molecule has 0 saturated carbocycles. The van der Waals surface area contributed by atoms with Gasteiger partial charge in [0.25, 0.3) is 0 Å². The molecule has 1 aromatic rings. The van der Waals surface area contributed by atoms with E-state index in [1.54, 1.807) is 23.6 Å². The molecule has 1 aliphatic rings. The van der Waals surface area contributed by atoms with Crippen LogP contribution in [0.1, 0.15) is 26.7 Å². The van der Waals surface area contributed by atoms with Gasteiger partial charge in [0.05, 0.1) is 5.69 Å². The van der Waals surface area contributed by atoms with E-state index in [9.17, 15) is 8.42 Å². The zero-order chi connectivity index (χ0) is 14.8. The Balaban J connectivity index is 2.20. The minimum Gasteiger partial charge on any atom is -0.387 e. The molecule has 0 amide bonds. The van der Waals surface area contributed by atoms with Crippen molar-refractivity contribution in [2.75, 3.05) is 25.5 Å². The SMILES string of the molecule is CNc1ccncc1S(=O)(=O)N1CCC(C(C)C)CC1. The second-order valence-electron chi connectivity index (χ2n) is 5.61. The van der Waals surface area contributed by atoms with Crippen LogP contribution in [0, 0.1) is 11.8 Å². The summed E-state index contributed by atoms with van der Waals surface area (Å²) in [6, 6.07) is 1.69. The van der Waals surface area contributed by atoms with Crippen LogP contribution in [-0.4, -0.2) is 37.8 Å². The topological polar surface area (TPSA) is 62.3 Å². The maximum absolute atomic E-state index is 12.7. The quantitative estimate of drug-likeness (QED) is 0.925. The molecule has 1 saturated heterocycles. The lowest BCUT2D eigenvalue weighted by Crippen LogP contribution is -2.39. The van der Waals surface area contributed by atoms with Gasteiger partial charge in [0.1, 0.15) is 4.90 Å². The smallest absolute Gasteiger partial charge is 0.246 e. The molecule has 0 atom stereocenters. The van der Waals surface area contributed by atoms with Crippen molar-refractivity contribution in [1.29, 1.82) is 0 Å². The highest BCUT2D eigenvalue weighted by Crippen LogP contribution is 2.30. The fraction of sp³-hybridized carbons (Fsp3) is 0.643. The molecule has 5 nitrogen and oxygen atoms in total. The van der Waals surface area contributed by atoms with E-state index in [1.807, 2.05) is 0 Å². The predicted molar refractivity (Wildman–Crippen MR) is 80.1 cm³/mol. The lowest BCUT2D eigenvalue weighted by Gasteiger charge is -2.33. The largest absolute Gasteiger partial charge is 0.387 e. The molecule has 0 aliphatic carbocycles. The molecule has 0 spiro atoms. The number of nitrogens with zero attached hydrogens (tertiary/aromatic N) is 2. The lowest BCUT2D eigenvalue weighted by molar-refractivity contribution is 0.226. The number of piperidine rings is 1. The third-order valence-electron chi connectivity index (χ3n) is 4.11. The Bertz CT molecular complexity index is 549. The number of hydrogen-bond acceptors (Lipinski definition) is 4. The van der Waals surface area contributed by atoms with Crippen LogP contribution in [-0.2, 0) is 10.0 Å². The van der Waals surface area contributed by atoms with Gasteiger partial charge in [-0.3, -0.25) is 4.98 Å². The maximum Gasteiger partial charge on any atom is 0.246 e. The second-order valence-corrected chi connectivity index (χ2v) is 7.51. The molecule has 1 aromatic heterocycles. The summed E-state index contributed by atoms with van der Waals surface area (Å²) >= 11 is 0. The summed E-state index contributed by atoms with van der Waals surface area (Å²) in [5.74, 6) is 1.24. The van der Waals surface area contributed by atoms with Crippen LogP contribution in [0.25, 0.3) is 0 Å². The summed E-state index contributed by atoms with van der Waals surface area (Å²) in [5, 5.41) is 2.92. The number of pyridine rings is 1. The van der Waals surface area contributed by atoms with Crippen molar-refractivity contribution in [3.63, 3.8) is 0 Å². The molecule has 2 rings (SSSR count). The first-order valence-corrected chi connectivity index (χ1v) is 8.52. The number of rotatable bonds is 4. The number of aromatic nitrogens is 1. The molecule has 2 heterocycles. The van der Waals surface area contributed by atoms with Crippen LogP contribution in [0.5, 0.6) is 0 Å². The monoisotopic (exact) mass is 297 g/mol. The molecule has 1 N–H and O–H groups in total. The number of nitrogens with one attached hydrogen (secondary N) is 1. The van der Waals surface area contributed by atoms with E-state index in [0.29, 0.717) is 30.6 Å². The zero-order valence-corrected chi connectivity index (χ0v) is 13.2. The Morgan fingerprint density at radius 3 is 2.55 bits per heavy atom. The molecule has 20 heavy (non-hydrogen) atoms. The summed E-state index contributed by atoms with van der Waals surface area (Å²) in [6.45, 7) is 5.61. The molecule has 6 heteroatoms. The number of anilines is 1. The summed E-state index contributed by atoms with van der Waals surface area (Å²) in [6.07, 6.45) is 4.89. The standard InChI is InChI=1S/C14H23N3O2S/c1-11(2)12-5-8-17(9-6-12)20(18,19)14-10-16-7-4-13(14)15-3/h4,7,10-12H,5-6,8-9H2,1-3H3,(H,15,16). The second kappa shape index (κ2) is 6.10. The van der Waals surface area contributed by atoms with Crippen LogP contribution < -0.4 is 5.32 Å². The third kappa shape index (κ3) is 2.96. The Morgan fingerprint density at radius 2 is 2.00 bits per heavy atom. The van der Waals surface area contributed by atoms with Crippen LogP contribution in [0.15, 0.2) is 23.4 Å². The van der Waals surface area contributed by atoms with Crippen molar-refractivity contribution in [3.05, 3.63) is 18.5 Å². The first-order chi connectivity index (χ1) is 9.46. The summed E-state index contributed by atoms with van der Waals surface area (Å²) in [4.78, 5) is 4.22. The molecule has 0 aromatic carbocycles. The number of hydrogen-bond donors (Lipinski definition) is 1. The van der Waals surface area contributed by atoms with Gasteiger partial charge < -0.3 is 5.32 Å². The average Bonchev–Trinajstić information content (AvgIpc) is 2.47. The highest BCUT2D eigenvalue weighted by molar-refractivity contribution is 7.89. The lowest BCUT2D eigenvalue weighted by atomic mass is 9.87. The third-order valence-corrected chi connectivity index (χ3v) is 6.04. The first-order valence-electron chi connectivity index (χ1n) is 7.08. The molecule has 0 radical (unpaired) electrons. The van der Waals surface area contributed by atoms with Crippen LogP contribution in [0.4, 0.5) is 5.69 Å². The van der Waals surface area contributed by atoms with Crippen molar-refractivity contribution in [1.82, 2.24) is 9.29 Å². The summed E-state index contributed by atoms with van der Waals surface area (Å²) in [5.41, 5.74) is 0.603. The van der Waals surface area contributed by atoms with Crippen molar-refractivity contribution in [3.8, 4) is 0 Å². The highest BCUT2D eigenvalue weighted by Gasteiger charge is 2.31. The van der Waals surface area contributed by atoms with E-state index in [2.05, 4.69) is 24.1 Å². The Kier molecular flexibility index (Phi) is 4.65. The fourth-order valence-corrected chi connectivity index (χ4v) is 4.33. The van der Waals surface area contributed by atoms with E-state index < -0.39 is 10.0 Å². The van der Waals surface area contributed by atoms with Gasteiger partial charge in [-0.05, 0) is 30.7 Å². The van der Waals surface area contributed by atoms with Crippen LogP contribution in [0.2, 0.25) is 0 Å². The zero-order valence-electron chi connectivity index (χ0n) is 12.3. The molecule has 0 unspecified atom stereocenters. The van der Waals surface area contributed by atoms with E-state index in [4.69, 9.17) is 0 Å². The highest BCUT2D eigenvalue weighted by atomic mass is 32.2. The fourth-order valence-electron chi connectivity index (χ4n) is 2.71. The van der Waals surface area contributed by atoms with Gasteiger partial charge in [0.15, 0.2) is 0 Å². The maximum atomic E-state index is 12.7. The van der Waals surface area contributed by atoms with Crippen LogP contribution >= 0.6 is 0 Å². The molecule has 0 bridgehead atoms. The Hall–Kier alpha value is -1.14. The molecular weight excluding hydrogens is 274 g/mol. The summed E-state index contributed by atoms with van der Waals surface area (Å²) < 4.78 is 27.0. The first kappa shape index (κ1) is 15.3. The van der Waals surface area contributed by atoms with Crippen LogP contribution in [0.3, 0.4) is 0 Å². The normalized spacial score (nSPS) is 18.4. The van der Waals surface area contributed by atoms with Crippen molar-refractivity contribution >= 4 is 15.7 Å². The van der Waals surface area contributed by atoms with Gasteiger partial charge in [-0.25, -0.2) is 8.42 Å². The van der Waals surface area contributed by atoms with E-state index in [1.165, 1.54) is 6.20 Å². The van der Waals surface area contributed by atoms with Gasteiger partial charge in [-0.1, -0.05) is 13.8 Å². The Morgan fingerprint density at radius 1 is 1.35 bits per heavy atom. The average molecular weight is 297 g/mol. The van der Waals surface area contributed by atoms with Crippen molar-refractivity contribution in [2.24, 2.45) is 11.8 Å². The molecule has 1 fully saturated rings. The van der Waals surface area contributed by atoms with E-state index >= 15 is 0 Å². The van der Waals surface area contributed by atoms with E-state index in [0.717, 1.165) is 12.8 Å². The van der Waals surface area contributed by atoms with Gasteiger partial charge >= 0.3 is 0 Å². The molecule has 1 aliphatic heterocycles. The predicted octanol–water partition coefficient (Wildman–Crippen LogP) is 2.18. The van der Waals surface area contributed by atoms with Gasteiger partial charge in [0, 0.05) is 32.5 Å².